The van der Waals surface area contributed by atoms with Gasteiger partial charge in [0.25, 0.3) is 0 Å². The van der Waals surface area contributed by atoms with E-state index in [1.165, 1.54) is 6.92 Å². The number of carbonyl (C=O) groups is 1. The molecule has 0 saturated carbocycles. The minimum absolute atomic E-state index is 0.0824. The summed E-state index contributed by atoms with van der Waals surface area (Å²) in [5.74, 6) is -0.338. The van der Waals surface area contributed by atoms with Crippen molar-refractivity contribution in [1.82, 2.24) is 5.32 Å². The normalized spacial score (nSPS) is 22.3. The van der Waals surface area contributed by atoms with Gasteiger partial charge in [-0.1, -0.05) is 121 Å². The number of hydrogen-bond donors (Lipinski definition) is 2. The lowest BCUT2D eigenvalue weighted by Crippen LogP contribution is -2.62. The van der Waals surface area contributed by atoms with Crippen molar-refractivity contribution >= 4 is 13.5 Å². The van der Waals surface area contributed by atoms with Gasteiger partial charge in [0.2, 0.25) is 5.91 Å². The smallest absolute Gasteiger partial charge is 0.331 e. The summed E-state index contributed by atoms with van der Waals surface area (Å²) >= 11 is 0. The summed E-state index contributed by atoms with van der Waals surface area (Å²) in [6.07, 6.45) is -3.98. The van der Waals surface area contributed by atoms with E-state index in [4.69, 9.17) is 23.5 Å². The summed E-state index contributed by atoms with van der Waals surface area (Å²) in [6, 6.07) is 37.7. The Morgan fingerprint density at radius 2 is 1.23 bits per heavy atom. The number of nitrogens with one attached hydrogen (secondary N) is 1. The molecule has 4 aromatic carbocycles. The van der Waals surface area contributed by atoms with Gasteiger partial charge in [0.05, 0.1) is 51.3 Å². The van der Waals surface area contributed by atoms with Crippen LogP contribution in [0.25, 0.3) is 0 Å². The van der Waals surface area contributed by atoms with Crippen molar-refractivity contribution in [3.63, 3.8) is 0 Å². The third-order valence-electron chi connectivity index (χ3n) is 7.80. The highest BCUT2D eigenvalue weighted by atomic mass is 31.2. The predicted octanol–water partition coefficient (Wildman–Crippen LogP) is 6.05. The summed E-state index contributed by atoms with van der Waals surface area (Å²) in [7, 11) is -4.19. The highest BCUT2D eigenvalue weighted by molar-refractivity contribution is 7.53. The SMILES string of the molecule is CC(=O)N[C@H]1[C@H]([C@@H](OCc2ccccc2)[C@H](COCc2ccccc2)OCc2ccccc2)OP(=O)(O)C[C@@H]1OCc1ccccc1. The van der Waals surface area contributed by atoms with Gasteiger partial charge in [0.1, 0.15) is 18.3 Å². The molecule has 0 spiro atoms. The number of benzene rings is 4. The summed E-state index contributed by atoms with van der Waals surface area (Å²) in [6.45, 7) is 2.36. The van der Waals surface area contributed by atoms with E-state index in [1.54, 1.807) is 0 Å². The van der Waals surface area contributed by atoms with Crippen LogP contribution in [0, 0.1) is 0 Å². The summed E-state index contributed by atoms with van der Waals surface area (Å²) in [5, 5.41) is 2.95. The van der Waals surface area contributed by atoms with Gasteiger partial charge in [-0.15, -0.1) is 0 Å². The minimum atomic E-state index is -4.19. The van der Waals surface area contributed by atoms with Gasteiger partial charge in [-0.25, -0.2) is 0 Å². The van der Waals surface area contributed by atoms with E-state index >= 15 is 0 Å². The highest BCUT2D eigenvalue weighted by Crippen LogP contribution is 2.50. The molecule has 0 radical (unpaired) electrons. The Labute approximate surface area is 276 Å². The van der Waals surface area contributed by atoms with Crippen LogP contribution in [-0.4, -0.2) is 54.0 Å². The molecule has 0 aliphatic carbocycles. The van der Waals surface area contributed by atoms with Gasteiger partial charge in [-0.2, -0.15) is 0 Å². The third-order valence-corrected chi connectivity index (χ3v) is 9.20. The molecule has 248 valence electrons. The fourth-order valence-electron chi connectivity index (χ4n) is 5.52. The first-order valence-corrected chi connectivity index (χ1v) is 17.5. The molecule has 6 atom stereocenters. The van der Waals surface area contributed by atoms with Crippen LogP contribution in [0.5, 0.6) is 0 Å². The van der Waals surface area contributed by atoms with Crippen molar-refractivity contribution in [1.29, 1.82) is 0 Å². The number of rotatable bonds is 16. The summed E-state index contributed by atoms with van der Waals surface area (Å²) in [5.41, 5.74) is 3.69. The van der Waals surface area contributed by atoms with Gasteiger partial charge in [0, 0.05) is 6.92 Å². The topological polar surface area (TPSA) is 113 Å². The highest BCUT2D eigenvalue weighted by Gasteiger charge is 2.50. The standard InChI is InChI=1S/C37H42NO8P/c1-28(39)38-35-34(44-24-31-18-10-4-11-19-31)27-47(40,41)46-37(35)36(45-25-32-20-12-5-13-21-32)33(43-23-30-16-8-3-9-17-30)26-42-22-29-14-6-2-7-15-29/h2-21,33-37H,22-27H2,1H3,(H,38,39)(H,40,41)/t33-,34-,35+,36-,37+/m0/s1. The van der Waals surface area contributed by atoms with E-state index in [0.717, 1.165) is 22.3 Å². The van der Waals surface area contributed by atoms with E-state index in [9.17, 15) is 14.3 Å². The number of amides is 1. The van der Waals surface area contributed by atoms with Crippen molar-refractivity contribution in [2.75, 3.05) is 12.8 Å². The van der Waals surface area contributed by atoms with Crippen LogP contribution in [0.15, 0.2) is 121 Å². The zero-order chi connectivity index (χ0) is 32.9. The Balaban J connectivity index is 1.47. The maximum Gasteiger partial charge on any atom is 0.331 e. The molecule has 1 heterocycles. The number of hydrogen-bond acceptors (Lipinski definition) is 7. The Morgan fingerprint density at radius 1 is 0.766 bits per heavy atom. The van der Waals surface area contributed by atoms with Crippen LogP contribution >= 0.6 is 7.60 Å². The van der Waals surface area contributed by atoms with Crippen LogP contribution in [0.1, 0.15) is 29.2 Å². The van der Waals surface area contributed by atoms with Gasteiger partial charge >= 0.3 is 7.60 Å². The molecule has 47 heavy (non-hydrogen) atoms. The van der Waals surface area contributed by atoms with Crippen molar-refractivity contribution < 1.29 is 37.7 Å². The van der Waals surface area contributed by atoms with Crippen LogP contribution in [0.2, 0.25) is 0 Å². The Morgan fingerprint density at radius 3 is 1.74 bits per heavy atom. The molecule has 4 aromatic rings. The second-order valence-corrected chi connectivity index (χ2v) is 13.4. The molecule has 10 heteroatoms. The molecule has 2 N–H and O–H groups in total. The average Bonchev–Trinajstić information content (AvgIpc) is 3.08. The zero-order valence-corrected chi connectivity index (χ0v) is 27.3. The fraction of sp³-hybridized carbons (Fsp3) is 0.324. The molecule has 1 aliphatic heterocycles. The van der Waals surface area contributed by atoms with E-state index < -0.39 is 38.1 Å². The van der Waals surface area contributed by atoms with E-state index in [0.29, 0.717) is 6.61 Å². The first-order valence-electron chi connectivity index (χ1n) is 15.7. The molecule has 1 fully saturated rings. The average molecular weight is 660 g/mol. The molecule has 0 aromatic heterocycles. The molecule has 1 unspecified atom stereocenters. The number of ether oxygens (including phenoxy) is 4. The number of carbonyl (C=O) groups excluding carboxylic acids is 1. The Kier molecular flexibility index (Phi) is 12.9. The van der Waals surface area contributed by atoms with Gasteiger partial charge in [-0.05, 0) is 22.3 Å². The van der Waals surface area contributed by atoms with Crippen molar-refractivity contribution in [3.05, 3.63) is 144 Å². The second kappa shape index (κ2) is 17.5. The monoisotopic (exact) mass is 659 g/mol. The van der Waals surface area contributed by atoms with Gasteiger partial charge in [0.15, 0.2) is 0 Å². The van der Waals surface area contributed by atoms with Gasteiger partial charge < -0.3 is 33.7 Å². The molecule has 0 bridgehead atoms. The second-order valence-electron chi connectivity index (χ2n) is 11.5. The lowest BCUT2D eigenvalue weighted by atomic mass is 9.96. The third kappa shape index (κ3) is 10.9. The maximum atomic E-state index is 13.5. The van der Waals surface area contributed by atoms with Crippen molar-refractivity contribution in [3.8, 4) is 0 Å². The molecule has 1 amide bonds. The molecular formula is C37H42NO8P. The molecule has 5 rings (SSSR count). The minimum Gasteiger partial charge on any atom is -0.374 e. The van der Waals surface area contributed by atoms with Gasteiger partial charge in [-0.3, -0.25) is 9.36 Å². The quantitative estimate of drug-likeness (QED) is 0.140. The summed E-state index contributed by atoms with van der Waals surface area (Å²) in [4.78, 5) is 23.6. The first kappa shape index (κ1) is 34.7. The molecular weight excluding hydrogens is 617 g/mol. The van der Waals surface area contributed by atoms with E-state index in [2.05, 4.69) is 5.32 Å². The lowest BCUT2D eigenvalue weighted by Gasteiger charge is -2.44. The fourth-order valence-corrected chi connectivity index (χ4v) is 7.03. The van der Waals surface area contributed by atoms with Crippen LogP contribution < -0.4 is 5.32 Å². The van der Waals surface area contributed by atoms with Crippen LogP contribution in [0.3, 0.4) is 0 Å². The first-order chi connectivity index (χ1) is 22.9. The summed E-state index contributed by atoms with van der Waals surface area (Å²) < 4.78 is 45.0. The largest absolute Gasteiger partial charge is 0.374 e. The van der Waals surface area contributed by atoms with Crippen molar-refractivity contribution in [2.45, 2.75) is 63.8 Å². The van der Waals surface area contributed by atoms with E-state index in [-0.39, 0.29) is 38.5 Å². The molecule has 1 aliphatic rings. The van der Waals surface area contributed by atoms with Crippen LogP contribution in [-0.2, 0) is 59.3 Å². The molecule has 9 nitrogen and oxygen atoms in total. The van der Waals surface area contributed by atoms with Crippen LogP contribution in [0.4, 0.5) is 0 Å². The maximum absolute atomic E-state index is 13.5. The van der Waals surface area contributed by atoms with E-state index in [1.807, 2.05) is 121 Å². The predicted molar refractivity (Wildman–Crippen MR) is 178 cm³/mol. The zero-order valence-electron chi connectivity index (χ0n) is 26.4. The Bertz CT molecular complexity index is 1540. The molecule has 1 saturated heterocycles. The van der Waals surface area contributed by atoms with Crippen molar-refractivity contribution in [2.24, 2.45) is 0 Å². The lowest BCUT2D eigenvalue weighted by molar-refractivity contribution is -0.168. The Hall–Kier alpha value is -3.66.